The number of allylic oxidation sites excluding steroid dienone is 8. The van der Waals surface area contributed by atoms with E-state index < -0.39 is 59.8 Å². The highest BCUT2D eigenvalue weighted by atomic mass is 32.3. The molecule has 0 spiro atoms. The molecule has 12 nitrogen and oxygen atoms in total. The van der Waals surface area contributed by atoms with Crippen molar-refractivity contribution in [3.05, 3.63) is 48.6 Å². The first kappa shape index (κ1) is 48.1. The summed E-state index contributed by atoms with van der Waals surface area (Å²) in [4.78, 5) is 12.7. The van der Waals surface area contributed by atoms with E-state index in [0.717, 1.165) is 89.9 Å². The van der Waals surface area contributed by atoms with E-state index in [-0.39, 0.29) is 19.6 Å². The Kier molecular flexibility index (Phi) is 29.0. The van der Waals surface area contributed by atoms with Gasteiger partial charge in [0, 0.05) is 13.0 Å². The quantitative estimate of drug-likeness (QED) is 0.0243. The molecule has 52 heavy (non-hydrogen) atoms. The van der Waals surface area contributed by atoms with Crippen LogP contribution in [0.2, 0.25) is 0 Å². The molecule has 0 radical (unpaired) electrons. The number of aliphatic hydroxyl groups excluding tert-OH is 3. The SMILES string of the molecule is CC/C=C\C/C=C\C/C=C\C/C=C\CCCCCCCCC(=O)OC(COCCCCCCCC)COC1OC(CO)C(O)C(OS(=O)(=O)O)C1O. The van der Waals surface area contributed by atoms with Crippen LogP contribution in [0.3, 0.4) is 0 Å². The molecular weight excluding hydrogens is 692 g/mol. The second-order valence-corrected chi connectivity index (χ2v) is 14.2. The zero-order chi connectivity index (χ0) is 38.3. The Labute approximate surface area is 313 Å². The lowest BCUT2D eigenvalue weighted by Gasteiger charge is -2.41. The Balaban J connectivity index is 2.42. The maximum absolute atomic E-state index is 12.7. The highest BCUT2D eigenvalue weighted by Crippen LogP contribution is 2.26. The molecule has 6 unspecified atom stereocenters. The average Bonchev–Trinajstić information content (AvgIpc) is 3.11. The maximum Gasteiger partial charge on any atom is 0.397 e. The lowest BCUT2D eigenvalue weighted by molar-refractivity contribution is -0.301. The Bertz CT molecular complexity index is 1110. The van der Waals surface area contributed by atoms with E-state index in [1.807, 2.05) is 0 Å². The topological polar surface area (TPSA) is 178 Å². The number of hydrogen-bond donors (Lipinski definition) is 4. The fourth-order valence-electron chi connectivity index (χ4n) is 5.54. The summed E-state index contributed by atoms with van der Waals surface area (Å²) in [6, 6.07) is 0. The number of carbonyl (C=O) groups excluding carboxylic acids is 1. The molecular formula is C39H68O12S. The number of ether oxygens (including phenoxy) is 4. The van der Waals surface area contributed by atoms with Gasteiger partial charge in [0.15, 0.2) is 6.29 Å². The molecule has 0 saturated carbocycles. The molecule has 302 valence electrons. The van der Waals surface area contributed by atoms with Crippen molar-refractivity contribution in [3.63, 3.8) is 0 Å². The standard InChI is InChI=1S/C39H68O12S/c1-3-5-7-9-11-12-13-14-15-16-17-18-19-20-21-22-23-24-26-28-35(41)49-33(31-47-29-27-25-10-8-6-4-2)32-48-39-37(43)38(51-52(44,45)46)36(42)34(30-40)50-39/h5,7,11-12,14-15,17-18,33-34,36-40,42-43H,3-4,6,8-10,13,16,19-32H2,1-2H3,(H,44,45,46)/b7-5-,12-11-,15-14-,18-17-. The molecule has 0 amide bonds. The van der Waals surface area contributed by atoms with E-state index in [2.05, 4.69) is 66.6 Å². The first-order valence-electron chi connectivity index (χ1n) is 19.4. The van der Waals surface area contributed by atoms with Gasteiger partial charge in [-0.1, -0.05) is 120 Å². The van der Waals surface area contributed by atoms with E-state index in [4.69, 9.17) is 23.5 Å². The summed E-state index contributed by atoms with van der Waals surface area (Å²) in [5, 5.41) is 30.4. The van der Waals surface area contributed by atoms with Crippen LogP contribution in [0.4, 0.5) is 0 Å². The van der Waals surface area contributed by atoms with Gasteiger partial charge in [0.25, 0.3) is 0 Å². The van der Waals surface area contributed by atoms with Crippen molar-refractivity contribution in [1.29, 1.82) is 0 Å². The van der Waals surface area contributed by atoms with Crippen LogP contribution >= 0.6 is 0 Å². The van der Waals surface area contributed by atoms with Crippen LogP contribution in [0.15, 0.2) is 48.6 Å². The van der Waals surface area contributed by atoms with Crippen molar-refractivity contribution in [2.24, 2.45) is 0 Å². The Morgan fingerprint density at radius 2 is 1.33 bits per heavy atom. The number of esters is 1. The molecule has 0 aromatic rings. The number of hydrogen-bond acceptors (Lipinski definition) is 11. The van der Waals surface area contributed by atoms with Gasteiger partial charge in [-0.3, -0.25) is 9.35 Å². The van der Waals surface area contributed by atoms with Gasteiger partial charge in [0.1, 0.15) is 30.5 Å². The van der Waals surface area contributed by atoms with Crippen molar-refractivity contribution in [1.82, 2.24) is 0 Å². The predicted octanol–water partition coefficient (Wildman–Crippen LogP) is 6.84. The van der Waals surface area contributed by atoms with Crippen LogP contribution in [0.25, 0.3) is 0 Å². The first-order chi connectivity index (χ1) is 25.1. The van der Waals surface area contributed by atoms with E-state index >= 15 is 0 Å². The molecule has 1 heterocycles. The Morgan fingerprint density at radius 3 is 1.94 bits per heavy atom. The fourth-order valence-corrected chi connectivity index (χ4v) is 6.05. The van der Waals surface area contributed by atoms with Crippen molar-refractivity contribution >= 4 is 16.4 Å². The predicted molar refractivity (Wildman–Crippen MR) is 202 cm³/mol. The van der Waals surface area contributed by atoms with Crippen LogP contribution in [0, 0.1) is 0 Å². The second kappa shape index (κ2) is 31.4. The number of unbranched alkanes of at least 4 members (excludes halogenated alkanes) is 11. The van der Waals surface area contributed by atoms with Crippen molar-refractivity contribution in [2.45, 2.75) is 166 Å². The molecule has 1 rings (SSSR count). The molecule has 1 fully saturated rings. The summed E-state index contributed by atoms with van der Waals surface area (Å²) in [5.41, 5.74) is 0. The minimum atomic E-state index is -5.06. The third-order valence-corrected chi connectivity index (χ3v) is 8.93. The van der Waals surface area contributed by atoms with Gasteiger partial charge >= 0.3 is 16.4 Å². The monoisotopic (exact) mass is 760 g/mol. The summed E-state index contributed by atoms with van der Waals surface area (Å²) in [6.45, 7) is 3.76. The molecule has 4 N–H and O–H groups in total. The molecule has 1 aliphatic rings. The summed E-state index contributed by atoms with van der Waals surface area (Å²) >= 11 is 0. The highest BCUT2D eigenvalue weighted by Gasteiger charge is 2.48. The molecule has 6 atom stereocenters. The van der Waals surface area contributed by atoms with Crippen LogP contribution in [-0.2, 0) is 38.3 Å². The third kappa shape index (κ3) is 25.1. The highest BCUT2D eigenvalue weighted by molar-refractivity contribution is 7.80. The molecule has 0 bridgehead atoms. The van der Waals surface area contributed by atoms with E-state index in [1.165, 1.54) is 12.8 Å². The van der Waals surface area contributed by atoms with Crippen molar-refractivity contribution in [3.8, 4) is 0 Å². The van der Waals surface area contributed by atoms with Crippen LogP contribution in [0.1, 0.15) is 129 Å². The number of carbonyl (C=O) groups is 1. The largest absolute Gasteiger partial charge is 0.457 e. The summed E-state index contributed by atoms with van der Waals surface area (Å²) < 4.78 is 58.5. The molecule has 1 saturated heterocycles. The molecule has 0 aromatic carbocycles. The van der Waals surface area contributed by atoms with Gasteiger partial charge in [-0.2, -0.15) is 8.42 Å². The first-order valence-corrected chi connectivity index (χ1v) is 20.8. The Hall–Kier alpha value is -1.94. The van der Waals surface area contributed by atoms with Crippen LogP contribution < -0.4 is 0 Å². The lowest BCUT2D eigenvalue weighted by atomic mass is 9.99. The summed E-state index contributed by atoms with van der Waals surface area (Å²) in [6.07, 6.45) is 26.1. The zero-order valence-corrected chi connectivity index (χ0v) is 32.4. The van der Waals surface area contributed by atoms with Gasteiger partial charge in [-0.05, 0) is 51.4 Å². The normalized spacial score (nSPS) is 22.0. The second-order valence-electron chi connectivity index (χ2n) is 13.1. The van der Waals surface area contributed by atoms with Gasteiger partial charge in [0.2, 0.25) is 0 Å². The minimum absolute atomic E-state index is 0.0276. The minimum Gasteiger partial charge on any atom is -0.457 e. The smallest absolute Gasteiger partial charge is 0.397 e. The van der Waals surface area contributed by atoms with E-state index in [1.54, 1.807) is 0 Å². The van der Waals surface area contributed by atoms with Gasteiger partial charge in [-0.15, -0.1) is 0 Å². The summed E-state index contributed by atoms with van der Waals surface area (Å²) in [7, 11) is -5.06. The molecule has 0 aromatic heterocycles. The number of rotatable bonds is 32. The summed E-state index contributed by atoms with van der Waals surface area (Å²) in [5.74, 6) is -0.419. The van der Waals surface area contributed by atoms with Crippen LogP contribution in [0.5, 0.6) is 0 Å². The number of aliphatic hydroxyl groups is 3. The molecule has 0 aliphatic carbocycles. The molecule has 1 aliphatic heterocycles. The van der Waals surface area contributed by atoms with E-state index in [0.29, 0.717) is 13.0 Å². The Morgan fingerprint density at radius 1 is 0.750 bits per heavy atom. The van der Waals surface area contributed by atoms with E-state index in [9.17, 15) is 28.5 Å². The molecule has 13 heteroatoms. The third-order valence-electron chi connectivity index (χ3n) is 8.47. The van der Waals surface area contributed by atoms with Crippen molar-refractivity contribution < 1.29 is 56.2 Å². The fraction of sp³-hybridized carbons (Fsp3) is 0.769. The average molecular weight is 761 g/mol. The zero-order valence-electron chi connectivity index (χ0n) is 31.6. The maximum atomic E-state index is 12.7. The van der Waals surface area contributed by atoms with Crippen molar-refractivity contribution in [2.75, 3.05) is 26.4 Å². The van der Waals surface area contributed by atoms with Gasteiger partial charge in [-0.25, -0.2) is 4.18 Å². The van der Waals surface area contributed by atoms with Gasteiger partial charge < -0.3 is 34.3 Å². The van der Waals surface area contributed by atoms with Gasteiger partial charge in [0.05, 0.1) is 19.8 Å². The lowest BCUT2D eigenvalue weighted by Crippen LogP contribution is -2.60. The van der Waals surface area contributed by atoms with Crippen LogP contribution in [-0.4, -0.2) is 97.5 Å².